The van der Waals surface area contributed by atoms with Gasteiger partial charge in [0.25, 0.3) is 0 Å². The molecule has 0 aliphatic rings. The summed E-state index contributed by atoms with van der Waals surface area (Å²) in [6, 6.07) is 25.6. The first-order chi connectivity index (χ1) is 19.1. The second-order valence-electron chi connectivity index (χ2n) is 11.1. The van der Waals surface area contributed by atoms with Gasteiger partial charge in [0.2, 0.25) is 0 Å². The number of hydrogen-bond donors (Lipinski definition) is 2. The van der Waals surface area contributed by atoms with Crippen molar-refractivity contribution in [2.24, 2.45) is 5.41 Å². The lowest BCUT2D eigenvalue weighted by molar-refractivity contribution is -0.137. The van der Waals surface area contributed by atoms with Gasteiger partial charge in [0.15, 0.2) is 0 Å². The van der Waals surface area contributed by atoms with Gasteiger partial charge in [-0.2, -0.15) is 0 Å². The number of aliphatic carboxylic acids is 1. The van der Waals surface area contributed by atoms with E-state index in [1.807, 2.05) is 23.6 Å². The minimum Gasteiger partial charge on any atom is -0.480 e. The number of rotatable bonds is 10. The Morgan fingerprint density at radius 3 is 2.17 bits per heavy atom. The van der Waals surface area contributed by atoms with E-state index in [0.717, 1.165) is 29.9 Å². The number of urea groups is 1. The molecule has 0 bridgehead atoms. The molecule has 1 heterocycles. The molecule has 0 saturated heterocycles. The number of thiazole rings is 1. The van der Waals surface area contributed by atoms with Crippen molar-refractivity contribution in [1.82, 2.24) is 9.88 Å². The lowest BCUT2D eigenvalue weighted by atomic mass is 9.88. The Morgan fingerprint density at radius 1 is 0.900 bits per heavy atom. The van der Waals surface area contributed by atoms with Gasteiger partial charge in [-0.1, -0.05) is 75.4 Å². The molecule has 40 heavy (non-hydrogen) atoms. The van der Waals surface area contributed by atoms with E-state index in [9.17, 15) is 14.7 Å². The Bertz CT molecular complexity index is 1410. The molecule has 2 amide bonds. The summed E-state index contributed by atoms with van der Waals surface area (Å²) in [5.41, 5.74) is 6.34. The highest BCUT2D eigenvalue weighted by molar-refractivity contribution is 7.09. The van der Waals surface area contributed by atoms with E-state index in [-0.39, 0.29) is 12.0 Å². The van der Waals surface area contributed by atoms with E-state index < -0.39 is 18.5 Å². The Morgan fingerprint density at radius 2 is 1.55 bits per heavy atom. The second kappa shape index (κ2) is 12.8. The van der Waals surface area contributed by atoms with Crippen LogP contribution in [0.15, 0.2) is 84.2 Å². The van der Waals surface area contributed by atoms with E-state index in [1.165, 1.54) is 27.4 Å². The van der Waals surface area contributed by atoms with Gasteiger partial charge in [-0.3, -0.25) is 4.79 Å². The molecule has 8 heteroatoms. The Balaban J connectivity index is 1.38. The highest BCUT2D eigenvalue weighted by atomic mass is 32.1. The fraction of sp³-hybridized carbons (Fsp3) is 0.281. The minimum atomic E-state index is -1.08. The third-order valence-electron chi connectivity index (χ3n) is 6.30. The molecule has 7 nitrogen and oxygen atoms in total. The van der Waals surface area contributed by atoms with E-state index in [1.54, 1.807) is 24.3 Å². The fourth-order valence-corrected chi connectivity index (χ4v) is 5.21. The molecule has 4 aromatic rings. The third kappa shape index (κ3) is 8.41. The predicted octanol–water partition coefficient (Wildman–Crippen LogP) is 7.15. The maximum Gasteiger partial charge on any atom is 0.323 e. The van der Waals surface area contributed by atoms with Gasteiger partial charge in [0, 0.05) is 35.9 Å². The van der Waals surface area contributed by atoms with Gasteiger partial charge in [0.05, 0.1) is 12.2 Å². The molecule has 1 aromatic heterocycles. The normalized spacial score (nSPS) is 11.2. The molecule has 0 fully saturated rings. The highest BCUT2D eigenvalue weighted by Gasteiger charge is 2.19. The molecule has 0 unspecified atom stereocenters. The van der Waals surface area contributed by atoms with Crippen LogP contribution in [0.1, 0.15) is 36.9 Å². The van der Waals surface area contributed by atoms with E-state index >= 15 is 0 Å². The number of nitrogens with one attached hydrogen (secondary N) is 1. The van der Waals surface area contributed by atoms with Crippen LogP contribution in [0.3, 0.4) is 0 Å². The molecule has 0 aliphatic heterocycles. The molecule has 0 saturated carbocycles. The largest absolute Gasteiger partial charge is 0.480 e. The van der Waals surface area contributed by atoms with Gasteiger partial charge < -0.3 is 20.2 Å². The molecule has 0 atom stereocenters. The number of hydrogen-bond acceptors (Lipinski definition) is 5. The zero-order chi connectivity index (χ0) is 28.7. The summed E-state index contributed by atoms with van der Waals surface area (Å²) in [6.45, 7) is 7.25. The first-order valence-electron chi connectivity index (χ1n) is 13.2. The Kier molecular flexibility index (Phi) is 9.22. The summed E-state index contributed by atoms with van der Waals surface area (Å²) in [4.78, 5) is 32.3. The van der Waals surface area contributed by atoms with Gasteiger partial charge in [-0.05, 0) is 47.2 Å². The van der Waals surface area contributed by atoms with Crippen LogP contribution in [-0.4, -0.2) is 40.6 Å². The van der Waals surface area contributed by atoms with Crippen molar-refractivity contribution in [3.05, 3.63) is 100 Å². The molecule has 0 spiro atoms. The van der Waals surface area contributed by atoms with Crippen molar-refractivity contribution in [3.8, 4) is 11.3 Å². The van der Waals surface area contributed by atoms with Crippen LogP contribution in [0.5, 0.6) is 0 Å². The molecule has 0 radical (unpaired) electrons. The maximum atomic E-state index is 12.8. The number of anilines is 2. The summed E-state index contributed by atoms with van der Waals surface area (Å²) >= 11 is 1.40. The molecular weight excluding hydrogens is 520 g/mol. The lowest BCUT2D eigenvalue weighted by Crippen LogP contribution is -2.38. The topological polar surface area (TPSA) is 85.8 Å². The van der Waals surface area contributed by atoms with Gasteiger partial charge in [-0.25, -0.2) is 9.78 Å². The molecule has 3 aromatic carbocycles. The molecule has 2 N–H and O–H groups in total. The Hall–Kier alpha value is -4.17. The van der Waals surface area contributed by atoms with Crippen molar-refractivity contribution in [2.45, 2.75) is 40.3 Å². The van der Waals surface area contributed by atoms with Crippen LogP contribution in [0, 0.1) is 5.41 Å². The third-order valence-corrected chi connectivity index (χ3v) is 7.13. The van der Waals surface area contributed by atoms with Crippen LogP contribution in [0.25, 0.3) is 11.3 Å². The zero-order valence-electron chi connectivity index (χ0n) is 23.4. The van der Waals surface area contributed by atoms with Crippen LogP contribution < -0.4 is 10.2 Å². The number of carboxylic acid groups (broad SMARTS) is 1. The zero-order valence-corrected chi connectivity index (χ0v) is 24.2. The lowest BCUT2D eigenvalue weighted by Gasteiger charge is -2.21. The van der Waals surface area contributed by atoms with E-state index in [4.69, 9.17) is 0 Å². The molecule has 4 rings (SSSR count). The van der Waals surface area contributed by atoms with E-state index in [0.29, 0.717) is 10.7 Å². The summed E-state index contributed by atoms with van der Waals surface area (Å²) in [5, 5.41) is 14.7. The van der Waals surface area contributed by atoms with Gasteiger partial charge in [0.1, 0.15) is 11.6 Å². The summed E-state index contributed by atoms with van der Waals surface area (Å²) in [6.07, 6.45) is 1.06. The average molecular weight is 557 g/mol. The standard InChI is InChI=1S/C32H36N4O3S/c1-32(2,3)18-23-10-12-24(13-11-23)19-35(4)27-16-14-25(15-17-27)28-22-40-29(34-28)20-36(21-30(37)38)31(39)33-26-8-6-5-7-9-26/h5-17,22H,18-21H2,1-4H3,(H,33,39)(H,37,38). The van der Waals surface area contributed by atoms with Crippen molar-refractivity contribution < 1.29 is 14.7 Å². The predicted molar refractivity (Wildman–Crippen MR) is 163 cm³/mol. The number of carbonyl (C=O) groups is 2. The summed E-state index contributed by atoms with van der Waals surface area (Å²) in [7, 11) is 2.08. The quantitative estimate of drug-likeness (QED) is 0.217. The summed E-state index contributed by atoms with van der Waals surface area (Å²) < 4.78 is 0. The molecule has 0 aliphatic carbocycles. The van der Waals surface area contributed by atoms with Crippen molar-refractivity contribution in [3.63, 3.8) is 0 Å². The molecule has 208 valence electrons. The van der Waals surface area contributed by atoms with Gasteiger partial charge in [-0.15, -0.1) is 11.3 Å². The monoisotopic (exact) mass is 556 g/mol. The van der Waals surface area contributed by atoms with E-state index in [2.05, 4.69) is 79.4 Å². The SMILES string of the molecule is CN(Cc1ccc(CC(C)(C)C)cc1)c1ccc(-c2csc(CN(CC(=O)O)C(=O)Nc3ccccc3)n2)cc1. The number of benzene rings is 3. The maximum absolute atomic E-state index is 12.8. The summed E-state index contributed by atoms with van der Waals surface area (Å²) in [5.74, 6) is -1.08. The van der Waals surface area contributed by atoms with Crippen LogP contribution in [0.2, 0.25) is 0 Å². The number of nitrogens with zero attached hydrogens (tertiary/aromatic N) is 3. The minimum absolute atomic E-state index is 0.102. The molecular formula is C32H36N4O3S. The first-order valence-corrected chi connectivity index (χ1v) is 14.1. The van der Waals surface area contributed by atoms with Crippen LogP contribution in [0.4, 0.5) is 16.2 Å². The van der Waals surface area contributed by atoms with Crippen molar-refractivity contribution in [1.29, 1.82) is 0 Å². The van der Waals surface area contributed by atoms with Crippen LogP contribution in [-0.2, 0) is 24.3 Å². The number of carbonyl (C=O) groups excluding carboxylic acids is 1. The number of amides is 2. The van der Waals surface area contributed by atoms with Crippen LogP contribution >= 0.6 is 11.3 Å². The highest BCUT2D eigenvalue weighted by Crippen LogP contribution is 2.26. The number of aromatic nitrogens is 1. The number of para-hydroxylation sites is 1. The first kappa shape index (κ1) is 28.8. The Labute approximate surface area is 240 Å². The van der Waals surface area contributed by atoms with Gasteiger partial charge >= 0.3 is 12.0 Å². The second-order valence-corrected chi connectivity index (χ2v) is 12.1. The van der Waals surface area contributed by atoms with Crippen molar-refractivity contribution in [2.75, 3.05) is 23.8 Å². The van der Waals surface area contributed by atoms with Crippen molar-refractivity contribution >= 4 is 34.7 Å². The smallest absolute Gasteiger partial charge is 0.323 e. The fourth-order valence-electron chi connectivity index (χ4n) is 4.39. The average Bonchev–Trinajstić information content (AvgIpc) is 3.37. The number of carboxylic acids is 1.